The van der Waals surface area contributed by atoms with Crippen LogP contribution in [0.2, 0.25) is 0 Å². The van der Waals surface area contributed by atoms with Crippen LogP contribution in [0, 0.1) is 10.1 Å². The Labute approximate surface area is 123 Å². The van der Waals surface area contributed by atoms with Crippen LogP contribution in [0.3, 0.4) is 0 Å². The van der Waals surface area contributed by atoms with E-state index in [4.69, 9.17) is 4.74 Å². The Hall–Kier alpha value is -2.40. The van der Waals surface area contributed by atoms with Gasteiger partial charge in [0.1, 0.15) is 5.75 Å². The summed E-state index contributed by atoms with van der Waals surface area (Å²) in [5, 5.41) is 20.6. The Morgan fingerprint density at radius 1 is 1.24 bits per heavy atom. The van der Waals surface area contributed by atoms with Crippen molar-refractivity contribution < 1.29 is 14.8 Å². The third-order valence-corrected chi connectivity index (χ3v) is 3.22. The van der Waals surface area contributed by atoms with Gasteiger partial charge < -0.3 is 9.84 Å². The molecule has 0 radical (unpaired) electrons. The first-order valence-corrected chi connectivity index (χ1v) is 6.74. The lowest BCUT2D eigenvalue weighted by Gasteiger charge is -2.09. The molecule has 0 aliphatic heterocycles. The molecule has 0 heterocycles. The zero-order valence-corrected chi connectivity index (χ0v) is 11.9. The predicted octanol–water partition coefficient (Wildman–Crippen LogP) is 4.00. The van der Waals surface area contributed by atoms with Crippen molar-refractivity contribution in [3.05, 3.63) is 63.7 Å². The minimum absolute atomic E-state index is 0.159. The van der Waals surface area contributed by atoms with Crippen molar-refractivity contribution in [3.63, 3.8) is 0 Å². The molecule has 0 aliphatic rings. The maximum atomic E-state index is 11.1. The number of ether oxygens (including phenoxy) is 1. The quantitative estimate of drug-likeness (QED) is 0.666. The lowest BCUT2D eigenvalue weighted by atomic mass is 10.1. The molecule has 1 N–H and O–H groups in total. The molecule has 0 aliphatic carbocycles. The highest BCUT2D eigenvalue weighted by molar-refractivity contribution is 5.51. The summed E-state index contributed by atoms with van der Waals surface area (Å²) < 4.78 is 5.58. The molecule has 2 aromatic carbocycles. The van der Waals surface area contributed by atoms with Crippen LogP contribution in [-0.2, 0) is 6.42 Å². The van der Waals surface area contributed by atoms with E-state index in [1.165, 1.54) is 17.7 Å². The van der Waals surface area contributed by atoms with Crippen molar-refractivity contribution in [2.45, 2.75) is 26.4 Å². The van der Waals surface area contributed by atoms with Gasteiger partial charge in [-0.25, -0.2) is 0 Å². The van der Waals surface area contributed by atoms with Gasteiger partial charge in [-0.3, -0.25) is 10.1 Å². The fourth-order valence-electron chi connectivity index (χ4n) is 1.94. The summed E-state index contributed by atoms with van der Waals surface area (Å²) in [6.07, 6.45) is 0.158. The second-order valence-electron chi connectivity index (χ2n) is 4.76. The Kier molecular flexibility index (Phi) is 4.55. The van der Waals surface area contributed by atoms with Crippen LogP contribution in [0.15, 0.2) is 42.5 Å². The summed E-state index contributed by atoms with van der Waals surface area (Å²) in [6, 6.07) is 11.9. The highest BCUT2D eigenvalue weighted by Crippen LogP contribution is 2.33. The first kappa shape index (κ1) is 15.0. The molecule has 1 atom stereocenters. The number of nitro groups is 1. The van der Waals surface area contributed by atoms with Crippen molar-refractivity contribution in [1.82, 2.24) is 0 Å². The average molecular weight is 287 g/mol. The number of nitro benzene ring substituents is 1. The normalized spacial score (nSPS) is 12.0. The standard InChI is InChI=1S/C16H17NO4/c1-3-12-4-7-14(8-5-12)21-16-9-6-13(11(2)18)10-15(16)17(19)20/h4-11,18H,3H2,1-2H3/t11-/m0/s1. The molecule has 2 rings (SSSR count). The smallest absolute Gasteiger partial charge is 0.311 e. The molecule has 0 spiro atoms. The molecule has 0 saturated carbocycles. The van der Waals surface area contributed by atoms with Crippen molar-refractivity contribution in [3.8, 4) is 11.5 Å². The van der Waals surface area contributed by atoms with Crippen LogP contribution in [0.25, 0.3) is 0 Å². The van der Waals surface area contributed by atoms with E-state index >= 15 is 0 Å². The van der Waals surface area contributed by atoms with E-state index in [0.29, 0.717) is 11.3 Å². The summed E-state index contributed by atoms with van der Waals surface area (Å²) in [5.74, 6) is 0.703. The SMILES string of the molecule is CCc1ccc(Oc2ccc([C@H](C)O)cc2[N+](=O)[O-])cc1. The lowest BCUT2D eigenvalue weighted by Crippen LogP contribution is -1.97. The molecule has 5 heteroatoms. The van der Waals surface area contributed by atoms with Gasteiger partial charge in [-0.2, -0.15) is 0 Å². The first-order valence-electron chi connectivity index (χ1n) is 6.74. The van der Waals surface area contributed by atoms with Crippen LogP contribution in [0.1, 0.15) is 31.1 Å². The van der Waals surface area contributed by atoms with Crippen LogP contribution in [-0.4, -0.2) is 10.0 Å². The average Bonchev–Trinajstić information content (AvgIpc) is 2.48. The Balaban J connectivity index is 2.31. The van der Waals surface area contributed by atoms with Gasteiger partial charge in [-0.1, -0.05) is 25.1 Å². The molecule has 0 fully saturated rings. The molecule has 0 saturated heterocycles. The van der Waals surface area contributed by atoms with E-state index in [1.807, 2.05) is 12.1 Å². The Morgan fingerprint density at radius 3 is 2.43 bits per heavy atom. The van der Waals surface area contributed by atoms with Gasteiger partial charge in [0.25, 0.3) is 0 Å². The van der Waals surface area contributed by atoms with Crippen molar-refractivity contribution >= 4 is 5.69 Å². The van der Waals surface area contributed by atoms with Crippen LogP contribution >= 0.6 is 0 Å². The van der Waals surface area contributed by atoms with Gasteiger partial charge in [0.05, 0.1) is 11.0 Å². The van der Waals surface area contributed by atoms with E-state index < -0.39 is 11.0 Å². The minimum Gasteiger partial charge on any atom is -0.450 e. The fraction of sp³-hybridized carbons (Fsp3) is 0.250. The lowest BCUT2D eigenvalue weighted by molar-refractivity contribution is -0.385. The van der Waals surface area contributed by atoms with Gasteiger partial charge in [0, 0.05) is 6.07 Å². The molecule has 5 nitrogen and oxygen atoms in total. The van der Waals surface area contributed by atoms with Gasteiger partial charge in [-0.15, -0.1) is 0 Å². The summed E-state index contributed by atoms with van der Waals surface area (Å²) in [7, 11) is 0. The molecule has 0 unspecified atom stereocenters. The van der Waals surface area contributed by atoms with E-state index in [9.17, 15) is 15.2 Å². The third kappa shape index (κ3) is 3.58. The number of benzene rings is 2. The summed E-state index contributed by atoms with van der Waals surface area (Å²) in [5.41, 5.74) is 1.49. The molecule has 21 heavy (non-hydrogen) atoms. The molecule has 110 valence electrons. The molecule has 0 bridgehead atoms. The number of hydrogen-bond donors (Lipinski definition) is 1. The highest BCUT2D eigenvalue weighted by atomic mass is 16.6. The van der Waals surface area contributed by atoms with Crippen molar-refractivity contribution in [1.29, 1.82) is 0 Å². The Bertz CT molecular complexity index is 635. The number of nitrogens with zero attached hydrogens (tertiary/aromatic N) is 1. The fourth-order valence-corrected chi connectivity index (χ4v) is 1.94. The molecular weight excluding hydrogens is 270 g/mol. The number of aryl methyl sites for hydroxylation is 1. The van der Waals surface area contributed by atoms with E-state index in [2.05, 4.69) is 6.92 Å². The van der Waals surface area contributed by atoms with E-state index in [0.717, 1.165) is 6.42 Å². The van der Waals surface area contributed by atoms with Gasteiger partial charge in [0.2, 0.25) is 5.75 Å². The number of rotatable bonds is 5. The maximum absolute atomic E-state index is 11.1. The van der Waals surface area contributed by atoms with E-state index in [1.54, 1.807) is 25.1 Å². The molecule has 0 aromatic heterocycles. The number of hydrogen-bond acceptors (Lipinski definition) is 4. The third-order valence-electron chi connectivity index (χ3n) is 3.22. The topological polar surface area (TPSA) is 72.6 Å². The van der Waals surface area contributed by atoms with Crippen molar-refractivity contribution in [2.75, 3.05) is 0 Å². The number of aliphatic hydroxyl groups is 1. The Morgan fingerprint density at radius 2 is 1.90 bits per heavy atom. The molecule has 0 amide bonds. The largest absolute Gasteiger partial charge is 0.450 e. The van der Waals surface area contributed by atoms with Crippen LogP contribution in [0.4, 0.5) is 5.69 Å². The van der Waals surface area contributed by atoms with Gasteiger partial charge in [0.15, 0.2) is 0 Å². The van der Waals surface area contributed by atoms with Crippen LogP contribution < -0.4 is 4.74 Å². The summed E-state index contributed by atoms with van der Waals surface area (Å²) in [4.78, 5) is 10.6. The molecule has 2 aromatic rings. The zero-order chi connectivity index (χ0) is 15.4. The van der Waals surface area contributed by atoms with E-state index in [-0.39, 0.29) is 11.4 Å². The second kappa shape index (κ2) is 6.37. The second-order valence-corrected chi connectivity index (χ2v) is 4.76. The highest BCUT2D eigenvalue weighted by Gasteiger charge is 2.18. The summed E-state index contributed by atoms with van der Waals surface area (Å²) >= 11 is 0. The summed E-state index contributed by atoms with van der Waals surface area (Å²) in [6.45, 7) is 3.61. The number of aliphatic hydroxyl groups excluding tert-OH is 1. The zero-order valence-electron chi connectivity index (χ0n) is 11.9. The maximum Gasteiger partial charge on any atom is 0.311 e. The predicted molar refractivity (Wildman–Crippen MR) is 79.6 cm³/mol. The first-order chi connectivity index (χ1) is 10.0. The van der Waals surface area contributed by atoms with Crippen molar-refractivity contribution in [2.24, 2.45) is 0 Å². The van der Waals surface area contributed by atoms with Gasteiger partial charge in [-0.05, 0) is 42.7 Å². The minimum atomic E-state index is -0.762. The van der Waals surface area contributed by atoms with Gasteiger partial charge >= 0.3 is 5.69 Å². The molecular formula is C16H17NO4. The monoisotopic (exact) mass is 287 g/mol. The van der Waals surface area contributed by atoms with Crippen LogP contribution in [0.5, 0.6) is 11.5 Å².